The van der Waals surface area contributed by atoms with Crippen molar-refractivity contribution in [2.75, 3.05) is 11.2 Å². The van der Waals surface area contributed by atoms with Crippen LogP contribution in [0, 0.1) is 0 Å². The topological polar surface area (TPSA) is 70.9 Å². The monoisotopic (exact) mass is 265 g/mol. The Morgan fingerprint density at radius 3 is 2.83 bits per heavy atom. The fourth-order valence-corrected chi connectivity index (χ4v) is 2.27. The van der Waals surface area contributed by atoms with Crippen molar-refractivity contribution in [2.24, 2.45) is 5.73 Å². The molecule has 0 unspecified atom stereocenters. The number of benzene rings is 1. The molecular formula is C13H16ClN3O. The van der Waals surface area contributed by atoms with Crippen LogP contribution in [0.25, 0.3) is 10.9 Å². The molecule has 2 rings (SSSR count). The molecule has 0 radical (unpaired) electrons. The molecule has 5 heteroatoms. The molecule has 96 valence electrons. The number of amides is 2. The number of nitrogens with two attached hydrogens (primary N) is 1. The minimum absolute atomic E-state index is 0.555. The molecule has 1 heterocycles. The van der Waals surface area contributed by atoms with E-state index in [1.165, 1.54) is 0 Å². The van der Waals surface area contributed by atoms with Crippen molar-refractivity contribution in [3.8, 4) is 0 Å². The van der Waals surface area contributed by atoms with E-state index in [0.29, 0.717) is 11.7 Å². The molecule has 2 aromatic rings. The van der Waals surface area contributed by atoms with E-state index in [0.717, 1.165) is 35.7 Å². The van der Waals surface area contributed by atoms with Gasteiger partial charge in [-0.25, -0.2) is 4.79 Å². The maximum atomic E-state index is 11.0. The molecule has 0 saturated carbocycles. The minimum Gasteiger partial charge on any atom is -0.351 e. The molecule has 0 aliphatic rings. The first kappa shape index (κ1) is 12.8. The molecule has 1 aromatic carbocycles. The highest BCUT2D eigenvalue weighted by molar-refractivity contribution is 6.17. The number of alkyl halides is 1. The van der Waals surface area contributed by atoms with Gasteiger partial charge in [-0.15, -0.1) is 11.6 Å². The molecule has 0 bridgehead atoms. The molecule has 4 nitrogen and oxygen atoms in total. The lowest BCUT2D eigenvalue weighted by Crippen LogP contribution is -2.20. The van der Waals surface area contributed by atoms with Crippen molar-refractivity contribution < 1.29 is 4.79 Å². The number of carbonyl (C=O) groups is 1. The summed E-state index contributed by atoms with van der Waals surface area (Å²) in [7, 11) is 0. The summed E-state index contributed by atoms with van der Waals surface area (Å²) in [4.78, 5) is 14.2. The molecule has 0 spiro atoms. The van der Waals surface area contributed by atoms with Gasteiger partial charge in [0.2, 0.25) is 0 Å². The Morgan fingerprint density at radius 2 is 2.11 bits per heavy atom. The molecule has 0 fully saturated rings. The number of aryl methyl sites for hydroxylation is 1. The van der Waals surface area contributed by atoms with Crippen LogP contribution >= 0.6 is 11.6 Å². The molecule has 0 atom stereocenters. The third kappa shape index (κ3) is 2.76. The molecule has 1 aromatic heterocycles. The Morgan fingerprint density at radius 1 is 1.33 bits per heavy atom. The number of primary amides is 1. The number of carbonyl (C=O) groups excluding carboxylic acids is 1. The summed E-state index contributed by atoms with van der Waals surface area (Å²) in [6.45, 7) is 0. The lowest BCUT2D eigenvalue weighted by atomic mass is 10.1. The number of rotatable bonds is 5. The Kier molecular flexibility index (Phi) is 4.10. The second kappa shape index (κ2) is 5.78. The Labute approximate surface area is 111 Å². The van der Waals surface area contributed by atoms with E-state index in [1.54, 1.807) is 0 Å². The van der Waals surface area contributed by atoms with E-state index >= 15 is 0 Å². The van der Waals surface area contributed by atoms with Gasteiger partial charge in [0.1, 0.15) is 5.82 Å². The zero-order valence-electron chi connectivity index (χ0n) is 10.0. The number of H-pyrrole nitrogens is 1. The largest absolute Gasteiger partial charge is 0.351 e. The molecule has 0 saturated heterocycles. The number of para-hydroxylation sites is 1. The number of halogens is 1. The van der Waals surface area contributed by atoms with Crippen molar-refractivity contribution in [1.29, 1.82) is 0 Å². The van der Waals surface area contributed by atoms with Crippen molar-refractivity contribution in [3.05, 3.63) is 29.8 Å². The third-order valence-electron chi connectivity index (χ3n) is 2.87. The first-order valence-corrected chi connectivity index (χ1v) is 6.48. The Balaban J connectivity index is 2.34. The number of urea groups is 1. The van der Waals surface area contributed by atoms with Crippen LogP contribution in [0.1, 0.15) is 18.4 Å². The molecule has 18 heavy (non-hydrogen) atoms. The van der Waals surface area contributed by atoms with Gasteiger partial charge in [-0.3, -0.25) is 5.32 Å². The van der Waals surface area contributed by atoms with Crippen molar-refractivity contribution >= 4 is 34.4 Å². The number of anilines is 1. The molecule has 0 aliphatic heterocycles. The van der Waals surface area contributed by atoms with Gasteiger partial charge in [0.25, 0.3) is 0 Å². The Hall–Kier alpha value is -1.68. The van der Waals surface area contributed by atoms with Gasteiger partial charge in [0.05, 0.1) is 0 Å². The number of aromatic amines is 1. The lowest BCUT2D eigenvalue weighted by Gasteiger charge is -2.04. The smallest absolute Gasteiger partial charge is 0.317 e. The number of aromatic nitrogens is 1. The van der Waals surface area contributed by atoms with Crippen molar-refractivity contribution in [1.82, 2.24) is 4.98 Å². The van der Waals surface area contributed by atoms with E-state index in [9.17, 15) is 4.79 Å². The summed E-state index contributed by atoms with van der Waals surface area (Å²) in [5.74, 6) is 1.35. The van der Waals surface area contributed by atoms with Gasteiger partial charge < -0.3 is 10.7 Å². The van der Waals surface area contributed by atoms with E-state index in [1.807, 2.05) is 24.3 Å². The number of unbranched alkanes of at least 4 members (excludes halogenated alkanes) is 1. The average Bonchev–Trinajstić information content (AvgIpc) is 2.67. The summed E-state index contributed by atoms with van der Waals surface area (Å²) >= 11 is 5.69. The first-order chi connectivity index (χ1) is 8.72. The van der Waals surface area contributed by atoms with Gasteiger partial charge in [0, 0.05) is 22.3 Å². The number of hydrogen-bond donors (Lipinski definition) is 3. The van der Waals surface area contributed by atoms with E-state index in [-0.39, 0.29) is 0 Å². The molecule has 0 aliphatic carbocycles. The number of nitrogens with one attached hydrogen (secondary N) is 2. The minimum atomic E-state index is -0.555. The maximum absolute atomic E-state index is 11.0. The fourth-order valence-electron chi connectivity index (χ4n) is 2.09. The second-order valence-electron chi connectivity index (χ2n) is 4.16. The SMILES string of the molecule is NC(=O)Nc1[nH]c2ccccc2c1CCCCCl. The zero-order chi connectivity index (χ0) is 13.0. The van der Waals surface area contributed by atoms with Gasteiger partial charge >= 0.3 is 6.03 Å². The highest BCUT2D eigenvalue weighted by Gasteiger charge is 2.11. The van der Waals surface area contributed by atoms with Crippen LogP contribution in [0.15, 0.2) is 24.3 Å². The highest BCUT2D eigenvalue weighted by atomic mass is 35.5. The number of hydrogen-bond acceptors (Lipinski definition) is 1. The van der Waals surface area contributed by atoms with Crippen molar-refractivity contribution in [2.45, 2.75) is 19.3 Å². The Bertz CT molecular complexity index is 550. The summed E-state index contributed by atoms with van der Waals surface area (Å²) in [5, 5.41) is 3.76. The summed E-state index contributed by atoms with van der Waals surface area (Å²) < 4.78 is 0. The first-order valence-electron chi connectivity index (χ1n) is 5.94. The van der Waals surface area contributed by atoms with Gasteiger partial charge in [-0.2, -0.15) is 0 Å². The van der Waals surface area contributed by atoms with E-state index in [2.05, 4.69) is 10.3 Å². The van der Waals surface area contributed by atoms with Crippen LogP contribution in [0.2, 0.25) is 0 Å². The van der Waals surface area contributed by atoms with Gasteiger partial charge in [-0.1, -0.05) is 18.2 Å². The molecular weight excluding hydrogens is 250 g/mol. The van der Waals surface area contributed by atoms with Crippen LogP contribution in [-0.4, -0.2) is 16.9 Å². The average molecular weight is 266 g/mol. The van der Waals surface area contributed by atoms with Gasteiger partial charge in [-0.05, 0) is 25.3 Å². The van der Waals surface area contributed by atoms with Crippen molar-refractivity contribution in [3.63, 3.8) is 0 Å². The quantitative estimate of drug-likeness (QED) is 0.564. The molecule has 4 N–H and O–H groups in total. The normalized spacial score (nSPS) is 10.7. The predicted octanol–water partition coefficient (Wildman–Crippen LogP) is 3.22. The second-order valence-corrected chi connectivity index (χ2v) is 4.54. The van der Waals surface area contributed by atoms with Crippen LogP contribution < -0.4 is 11.1 Å². The maximum Gasteiger partial charge on any atom is 0.317 e. The number of fused-ring (bicyclic) bond motifs is 1. The zero-order valence-corrected chi connectivity index (χ0v) is 10.8. The third-order valence-corrected chi connectivity index (χ3v) is 3.14. The van der Waals surface area contributed by atoms with Crippen LogP contribution in [0.3, 0.4) is 0 Å². The molecule has 2 amide bonds. The van der Waals surface area contributed by atoms with Crippen LogP contribution in [0.5, 0.6) is 0 Å². The van der Waals surface area contributed by atoms with E-state index in [4.69, 9.17) is 17.3 Å². The van der Waals surface area contributed by atoms with Crippen LogP contribution in [0.4, 0.5) is 10.6 Å². The predicted molar refractivity (Wildman–Crippen MR) is 75.2 cm³/mol. The fraction of sp³-hybridized carbons (Fsp3) is 0.308. The van der Waals surface area contributed by atoms with E-state index < -0.39 is 6.03 Å². The summed E-state index contributed by atoms with van der Waals surface area (Å²) in [5.41, 5.74) is 7.27. The summed E-state index contributed by atoms with van der Waals surface area (Å²) in [6, 6.07) is 7.39. The summed E-state index contributed by atoms with van der Waals surface area (Å²) in [6.07, 6.45) is 2.81. The van der Waals surface area contributed by atoms with Gasteiger partial charge in [0.15, 0.2) is 0 Å². The van der Waals surface area contributed by atoms with Crippen LogP contribution in [-0.2, 0) is 6.42 Å². The highest BCUT2D eigenvalue weighted by Crippen LogP contribution is 2.27. The standard InChI is InChI=1S/C13H16ClN3O/c14-8-4-3-6-10-9-5-1-2-7-11(9)16-12(10)17-13(15)18/h1-2,5,7,16H,3-4,6,8H2,(H3,15,17,18). The lowest BCUT2D eigenvalue weighted by molar-refractivity contribution is 0.259.